The summed E-state index contributed by atoms with van der Waals surface area (Å²) >= 11 is 1.78. The van der Waals surface area contributed by atoms with Gasteiger partial charge in [0.15, 0.2) is 0 Å². The molecule has 0 unspecified atom stereocenters. The fraction of sp³-hybridized carbons (Fsp3) is 0.0980. The molecule has 0 spiro atoms. The van der Waals surface area contributed by atoms with Crippen LogP contribution in [0.3, 0.4) is 0 Å². The van der Waals surface area contributed by atoms with Crippen LogP contribution in [0.5, 0.6) is 0 Å². The standard InChI is InChI=1S/C51H35N3S/c1-51(2)41-27-25-33(29-40(41)44-34-17-8-6-13-30(34)24-28-42(44)51)36-20-12-21-37-38-26-23-31-14-7-9-18-35(31)47(38)54(48(36)37)50-52-45(32-15-4-3-5-16-32)49-46(53-50)39-19-10-11-22-43(39)55-49/h3-11,13-20,22-29H,12,21H2,1-2H3. The second-order valence-corrected chi connectivity index (χ2v) is 16.7. The fourth-order valence-electron chi connectivity index (χ4n) is 9.72. The van der Waals surface area contributed by atoms with Crippen LogP contribution in [0, 0.1) is 0 Å². The van der Waals surface area contributed by atoms with Crippen LogP contribution in [-0.2, 0) is 11.8 Å². The van der Waals surface area contributed by atoms with Crippen molar-refractivity contribution in [2.75, 3.05) is 0 Å². The van der Waals surface area contributed by atoms with Crippen molar-refractivity contribution in [1.29, 1.82) is 0 Å². The maximum atomic E-state index is 5.58. The molecule has 4 heteroatoms. The van der Waals surface area contributed by atoms with Gasteiger partial charge in [-0.25, -0.2) is 9.97 Å². The van der Waals surface area contributed by atoms with Crippen molar-refractivity contribution in [1.82, 2.24) is 14.5 Å². The molecule has 0 bridgehead atoms. The number of aromatic nitrogens is 3. The third-order valence-corrected chi connectivity index (χ3v) is 13.5. The first-order valence-electron chi connectivity index (χ1n) is 19.2. The van der Waals surface area contributed by atoms with Gasteiger partial charge in [0.2, 0.25) is 5.95 Å². The van der Waals surface area contributed by atoms with Crippen molar-refractivity contribution in [2.45, 2.75) is 32.1 Å². The Balaban J connectivity index is 1.18. The summed E-state index contributed by atoms with van der Waals surface area (Å²) in [6, 6.07) is 53.4. The molecule has 0 saturated heterocycles. The van der Waals surface area contributed by atoms with E-state index >= 15 is 0 Å². The van der Waals surface area contributed by atoms with Crippen molar-refractivity contribution < 1.29 is 0 Å². The molecule has 0 saturated carbocycles. The van der Waals surface area contributed by atoms with Crippen LogP contribution in [0.25, 0.3) is 86.7 Å². The van der Waals surface area contributed by atoms with Crippen LogP contribution in [-0.4, -0.2) is 14.5 Å². The van der Waals surface area contributed by atoms with E-state index in [-0.39, 0.29) is 5.41 Å². The van der Waals surface area contributed by atoms with E-state index in [1.54, 1.807) is 11.3 Å². The molecule has 2 aliphatic carbocycles. The second kappa shape index (κ2) is 11.3. The van der Waals surface area contributed by atoms with Gasteiger partial charge in [0, 0.05) is 37.4 Å². The molecule has 0 amide bonds. The Morgan fingerprint density at radius 2 is 1.33 bits per heavy atom. The first-order chi connectivity index (χ1) is 27.0. The van der Waals surface area contributed by atoms with Gasteiger partial charge in [-0.2, -0.15) is 0 Å². The quantitative estimate of drug-likeness (QED) is 0.182. The lowest BCUT2D eigenvalue weighted by Crippen LogP contribution is -2.15. The number of aryl methyl sites for hydroxylation is 1. The summed E-state index contributed by atoms with van der Waals surface area (Å²) in [5.41, 5.74) is 14.7. The average molecular weight is 722 g/mol. The van der Waals surface area contributed by atoms with E-state index in [9.17, 15) is 0 Å². The molecule has 3 aromatic heterocycles. The second-order valence-electron chi connectivity index (χ2n) is 15.6. The van der Waals surface area contributed by atoms with Crippen LogP contribution in [0.4, 0.5) is 0 Å². The third-order valence-electron chi connectivity index (χ3n) is 12.3. The van der Waals surface area contributed by atoms with E-state index in [4.69, 9.17) is 9.97 Å². The molecule has 260 valence electrons. The van der Waals surface area contributed by atoms with Gasteiger partial charge in [-0.1, -0.05) is 153 Å². The van der Waals surface area contributed by atoms with Crippen molar-refractivity contribution in [3.63, 3.8) is 0 Å². The van der Waals surface area contributed by atoms with E-state index in [0.717, 1.165) is 34.3 Å². The summed E-state index contributed by atoms with van der Waals surface area (Å²) < 4.78 is 4.76. The Bertz CT molecular complexity index is 3290. The number of allylic oxidation sites excluding steroid dienone is 1. The van der Waals surface area contributed by atoms with Gasteiger partial charge in [-0.3, -0.25) is 4.57 Å². The molecule has 0 aliphatic heterocycles. The zero-order valence-corrected chi connectivity index (χ0v) is 31.4. The molecule has 0 atom stereocenters. The van der Waals surface area contributed by atoms with Crippen molar-refractivity contribution in [2.24, 2.45) is 0 Å². The van der Waals surface area contributed by atoms with Crippen LogP contribution >= 0.6 is 11.3 Å². The van der Waals surface area contributed by atoms with Gasteiger partial charge >= 0.3 is 0 Å². The molecule has 0 fully saturated rings. The minimum atomic E-state index is -0.0897. The Morgan fingerprint density at radius 1 is 0.618 bits per heavy atom. The maximum Gasteiger partial charge on any atom is 0.235 e. The van der Waals surface area contributed by atoms with Crippen molar-refractivity contribution in [3.05, 3.63) is 180 Å². The highest BCUT2D eigenvalue weighted by atomic mass is 32.1. The van der Waals surface area contributed by atoms with E-state index in [1.807, 2.05) is 0 Å². The molecule has 2 aliphatic rings. The summed E-state index contributed by atoms with van der Waals surface area (Å²) in [6.45, 7) is 4.75. The molecule has 3 heterocycles. The molecule has 7 aromatic carbocycles. The largest absolute Gasteiger partial charge is 0.277 e. The molecular formula is C51H35N3S. The maximum absolute atomic E-state index is 5.58. The summed E-state index contributed by atoms with van der Waals surface area (Å²) in [5, 5.41) is 7.47. The lowest BCUT2D eigenvalue weighted by atomic mass is 9.81. The van der Waals surface area contributed by atoms with Gasteiger partial charge in [0.1, 0.15) is 0 Å². The van der Waals surface area contributed by atoms with Crippen molar-refractivity contribution in [3.8, 4) is 28.3 Å². The van der Waals surface area contributed by atoms with Gasteiger partial charge in [0.25, 0.3) is 0 Å². The van der Waals surface area contributed by atoms with Crippen LogP contribution < -0.4 is 0 Å². The Labute approximate surface area is 322 Å². The number of fused-ring (bicyclic) bond motifs is 13. The molecule has 0 radical (unpaired) electrons. The summed E-state index contributed by atoms with van der Waals surface area (Å²) in [4.78, 5) is 11.1. The lowest BCUT2D eigenvalue weighted by Gasteiger charge is -2.22. The highest BCUT2D eigenvalue weighted by Gasteiger charge is 2.37. The van der Waals surface area contributed by atoms with Gasteiger partial charge in [-0.05, 0) is 74.5 Å². The molecule has 10 aromatic rings. The highest BCUT2D eigenvalue weighted by Crippen LogP contribution is 2.53. The molecule has 55 heavy (non-hydrogen) atoms. The first-order valence-corrected chi connectivity index (χ1v) is 20.0. The number of nitrogens with zero attached hydrogens (tertiary/aromatic N) is 3. The highest BCUT2D eigenvalue weighted by molar-refractivity contribution is 7.26. The predicted molar refractivity (Wildman–Crippen MR) is 232 cm³/mol. The fourth-order valence-corrected chi connectivity index (χ4v) is 10.9. The number of benzene rings is 7. The zero-order chi connectivity index (χ0) is 36.4. The van der Waals surface area contributed by atoms with Gasteiger partial charge in [-0.15, -0.1) is 11.3 Å². The van der Waals surface area contributed by atoms with E-state index in [2.05, 4.69) is 170 Å². The first kappa shape index (κ1) is 31.0. The van der Waals surface area contributed by atoms with E-state index < -0.39 is 0 Å². The summed E-state index contributed by atoms with van der Waals surface area (Å²) in [5.74, 6) is 0.712. The minimum absolute atomic E-state index is 0.0897. The summed E-state index contributed by atoms with van der Waals surface area (Å²) in [7, 11) is 0. The molecule has 3 nitrogen and oxygen atoms in total. The number of hydrogen-bond acceptors (Lipinski definition) is 3. The zero-order valence-electron chi connectivity index (χ0n) is 30.6. The van der Waals surface area contributed by atoms with Gasteiger partial charge in [0.05, 0.1) is 27.1 Å². The van der Waals surface area contributed by atoms with Crippen molar-refractivity contribution >= 4 is 69.7 Å². The smallest absolute Gasteiger partial charge is 0.235 e. The summed E-state index contributed by atoms with van der Waals surface area (Å²) in [6.07, 6.45) is 4.39. The van der Waals surface area contributed by atoms with E-state index in [0.29, 0.717) is 5.95 Å². The normalized spacial score (nSPS) is 14.5. The monoisotopic (exact) mass is 721 g/mol. The SMILES string of the molecule is CC1(C)c2ccc(C3=CCCc4c3n(-c3nc(-c5ccccc5)c5sc6ccccc6c5n3)c3c4ccc4ccccc43)cc2-c2c1ccc1ccccc21. The van der Waals surface area contributed by atoms with E-state index in [1.165, 1.54) is 87.2 Å². The number of thiophene rings is 1. The van der Waals surface area contributed by atoms with Gasteiger partial charge < -0.3 is 0 Å². The Morgan fingerprint density at radius 3 is 2.18 bits per heavy atom. The third kappa shape index (κ3) is 4.32. The average Bonchev–Trinajstić information content (AvgIpc) is 3.86. The predicted octanol–water partition coefficient (Wildman–Crippen LogP) is 13.4. The van der Waals surface area contributed by atoms with Crippen LogP contribution in [0.1, 0.15) is 48.2 Å². The minimum Gasteiger partial charge on any atom is -0.277 e. The number of hydrogen-bond donors (Lipinski definition) is 0. The molecular weight excluding hydrogens is 687 g/mol. The van der Waals surface area contributed by atoms with Crippen LogP contribution in [0.2, 0.25) is 0 Å². The molecule has 12 rings (SSSR count). The van der Waals surface area contributed by atoms with Crippen LogP contribution in [0.15, 0.2) is 152 Å². The molecule has 0 N–H and O–H groups in total. The lowest BCUT2D eigenvalue weighted by molar-refractivity contribution is 0.661. The Hall–Kier alpha value is -6.36. The topological polar surface area (TPSA) is 30.7 Å². The Kier molecular flexibility index (Phi) is 6.39. The number of rotatable bonds is 3.